The summed E-state index contributed by atoms with van der Waals surface area (Å²) in [6.07, 6.45) is 4.35. The van der Waals surface area contributed by atoms with Gasteiger partial charge in [-0.1, -0.05) is 30.3 Å². The zero-order chi connectivity index (χ0) is 21.3. The summed E-state index contributed by atoms with van der Waals surface area (Å²) >= 11 is 0. The molecule has 0 radical (unpaired) electrons. The van der Waals surface area contributed by atoms with Crippen molar-refractivity contribution in [2.45, 2.75) is 32.0 Å². The quantitative estimate of drug-likeness (QED) is 0.523. The van der Waals surface area contributed by atoms with Crippen molar-refractivity contribution in [1.82, 2.24) is 15.2 Å². The van der Waals surface area contributed by atoms with Crippen LogP contribution in [0.4, 0.5) is 0 Å². The van der Waals surface area contributed by atoms with Crippen molar-refractivity contribution < 1.29 is 9.47 Å². The van der Waals surface area contributed by atoms with Gasteiger partial charge >= 0.3 is 0 Å². The summed E-state index contributed by atoms with van der Waals surface area (Å²) < 4.78 is 11.2. The SMILES string of the molecule is COc1ccc([C@@H](CNCc2cccc(OCc3ccccn3)c2)N2CCCC2)cc1. The second kappa shape index (κ2) is 10.9. The van der Waals surface area contributed by atoms with E-state index in [-0.39, 0.29) is 0 Å². The highest BCUT2D eigenvalue weighted by Gasteiger charge is 2.23. The van der Waals surface area contributed by atoms with E-state index >= 15 is 0 Å². The number of hydrogen-bond donors (Lipinski definition) is 1. The minimum atomic E-state index is 0.372. The van der Waals surface area contributed by atoms with E-state index in [0.29, 0.717) is 12.6 Å². The number of aromatic nitrogens is 1. The van der Waals surface area contributed by atoms with E-state index in [1.807, 2.05) is 30.3 Å². The smallest absolute Gasteiger partial charge is 0.130 e. The number of ether oxygens (including phenoxy) is 2. The summed E-state index contributed by atoms with van der Waals surface area (Å²) in [5.41, 5.74) is 3.48. The zero-order valence-electron chi connectivity index (χ0n) is 18.2. The minimum absolute atomic E-state index is 0.372. The Labute approximate surface area is 185 Å². The maximum absolute atomic E-state index is 5.92. The van der Waals surface area contributed by atoms with Crippen LogP contribution in [0.15, 0.2) is 72.9 Å². The van der Waals surface area contributed by atoms with E-state index in [1.54, 1.807) is 13.3 Å². The molecule has 0 saturated carbocycles. The van der Waals surface area contributed by atoms with Gasteiger partial charge in [0.1, 0.15) is 18.1 Å². The van der Waals surface area contributed by atoms with Crippen molar-refractivity contribution in [2.24, 2.45) is 0 Å². The first-order chi connectivity index (χ1) is 15.3. The molecular formula is C26H31N3O2. The predicted molar refractivity (Wildman–Crippen MR) is 123 cm³/mol. The van der Waals surface area contributed by atoms with Crippen LogP contribution in [-0.4, -0.2) is 36.6 Å². The Morgan fingerprint density at radius 1 is 0.968 bits per heavy atom. The van der Waals surface area contributed by atoms with Gasteiger partial charge in [-0.2, -0.15) is 0 Å². The molecule has 1 saturated heterocycles. The van der Waals surface area contributed by atoms with Crippen molar-refractivity contribution in [3.8, 4) is 11.5 Å². The van der Waals surface area contributed by atoms with Gasteiger partial charge in [-0.3, -0.25) is 9.88 Å². The van der Waals surface area contributed by atoms with Gasteiger partial charge < -0.3 is 14.8 Å². The first-order valence-corrected chi connectivity index (χ1v) is 11.0. The van der Waals surface area contributed by atoms with Gasteiger partial charge in [0.25, 0.3) is 0 Å². The molecule has 5 heteroatoms. The monoisotopic (exact) mass is 417 g/mol. The highest BCUT2D eigenvalue weighted by Crippen LogP contribution is 2.26. The third-order valence-electron chi connectivity index (χ3n) is 5.76. The zero-order valence-corrected chi connectivity index (χ0v) is 18.2. The van der Waals surface area contributed by atoms with Crippen LogP contribution in [-0.2, 0) is 13.2 Å². The number of hydrogen-bond acceptors (Lipinski definition) is 5. The van der Waals surface area contributed by atoms with E-state index in [0.717, 1.165) is 43.4 Å². The fourth-order valence-corrected chi connectivity index (χ4v) is 4.08. The Balaban J connectivity index is 1.34. The molecule has 1 atom stereocenters. The summed E-state index contributed by atoms with van der Waals surface area (Å²) in [6.45, 7) is 4.52. The fraction of sp³-hybridized carbons (Fsp3) is 0.346. The van der Waals surface area contributed by atoms with Crippen LogP contribution in [0.3, 0.4) is 0 Å². The Kier molecular flexibility index (Phi) is 7.53. The van der Waals surface area contributed by atoms with Crippen molar-refractivity contribution in [3.05, 3.63) is 89.7 Å². The maximum atomic E-state index is 5.92. The Bertz CT molecular complexity index is 925. The van der Waals surface area contributed by atoms with Gasteiger partial charge in [0.15, 0.2) is 0 Å². The average molecular weight is 418 g/mol. The van der Waals surface area contributed by atoms with Crippen LogP contribution in [0.5, 0.6) is 11.5 Å². The van der Waals surface area contributed by atoms with Gasteiger partial charge in [-0.05, 0) is 73.5 Å². The van der Waals surface area contributed by atoms with Crippen molar-refractivity contribution in [1.29, 1.82) is 0 Å². The van der Waals surface area contributed by atoms with Crippen LogP contribution in [0, 0.1) is 0 Å². The van der Waals surface area contributed by atoms with Gasteiger partial charge in [0.2, 0.25) is 0 Å². The van der Waals surface area contributed by atoms with Crippen molar-refractivity contribution >= 4 is 0 Å². The number of methoxy groups -OCH3 is 1. The predicted octanol–water partition coefficient (Wildman–Crippen LogP) is 4.60. The molecule has 1 aliphatic rings. The molecule has 1 aromatic heterocycles. The normalized spacial score (nSPS) is 15.0. The minimum Gasteiger partial charge on any atom is -0.497 e. The van der Waals surface area contributed by atoms with E-state index in [9.17, 15) is 0 Å². The molecule has 3 aromatic rings. The number of pyridine rings is 1. The van der Waals surface area contributed by atoms with Crippen molar-refractivity contribution in [2.75, 3.05) is 26.7 Å². The van der Waals surface area contributed by atoms with Crippen LogP contribution in [0.1, 0.15) is 35.7 Å². The van der Waals surface area contributed by atoms with Crippen LogP contribution in [0.2, 0.25) is 0 Å². The molecule has 4 rings (SSSR count). The molecule has 31 heavy (non-hydrogen) atoms. The van der Waals surface area contributed by atoms with E-state index in [4.69, 9.17) is 9.47 Å². The van der Waals surface area contributed by atoms with Gasteiger partial charge in [-0.15, -0.1) is 0 Å². The van der Waals surface area contributed by atoms with E-state index < -0.39 is 0 Å². The largest absolute Gasteiger partial charge is 0.497 e. The Morgan fingerprint density at radius 2 is 1.81 bits per heavy atom. The molecule has 5 nitrogen and oxygen atoms in total. The van der Waals surface area contributed by atoms with E-state index in [2.05, 4.69) is 51.6 Å². The molecule has 0 unspecified atom stereocenters. The molecule has 0 bridgehead atoms. The number of nitrogens with zero attached hydrogens (tertiary/aromatic N) is 2. The average Bonchev–Trinajstić information content (AvgIpc) is 3.36. The fourth-order valence-electron chi connectivity index (χ4n) is 4.08. The molecule has 0 amide bonds. The lowest BCUT2D eigenvalue weighted by molar-refractivity contribution is 0.238. The number of benzene rings is 2. The lowest BCUT2D eigenvalue weighted by atomic mass is 10.0. The lowest BCUT2D eigenvalue weighted by Crippen LogP contribution is -2.34. The first-order valence-electron chi connectivity index (χ1n) is 11.0. The molecule has 2 aromatic carbocycles. The molecule has 1 aliphatic heterocycles. The van der Waals surface area contributed by atoms with Gasteiger partial charge in [0.05, 0.1) is 12.8 Å². The summed E-state index contributed by atoms with van der Waals surface area (Å²) in [7, 11) is 1.71. The summed E-state index contributed by atoms with van der Waals surface area (Å²) in [4.78, 5) is 6.90. The second-order valence-electron chi connectivity index (χ2n) is 7.92. The first kappa shape index (κ1) is 21.3. The molecule has 0 aliphatic carbocycles. The third kappa shape index (κ3) is 6.06. The molecule has 1 fully saturated rings. The molecular weight excluding hydrogens is 386 g/mol. The number of nitrogens with one attached hydrogen (secondary N) is 1. The highest BCUT2D eigenvalue weighted by molar-refractivity contribution is 5.30. The Hall–Kier alpha value is -2.89. The standard InChI is InChI=1S/C26H31N3O2/c1-30-24-12-10-22(11-13-24)26(29-15-4-5-16-29)19-27-18-21-7-6-9-25(17-21)31-20-23-8-2-3-14-28-23/h2-3,6-14,17,26-27H,4-5,15-16,18-20H2,1H3/t26-/m1/s1. The van der Waals surface area contributed by atoms with Crippen LogP contribution >= 0.6 is 0 Å². The summed E-state index contributed by atoms with van der Waals surface area (Å²) in [6, 6.07) is 23.0. The molecule has 162 valence electrons. The van der Waals surface area contributed by atoms with Crippen LogP contribution in [0.25, 0.3) is 0 Å². The number of rotatable bonds is 10. The lowest BCUT2D eigenvalue weighted by Gasteiger charge is -2.28. The third-order valence-corrected chi connectivity index (χ3v) is 5.76. The van der Waals surface area contributed by atoms with Crippen molar-refractivity contribution in [3.63, 3.8) is 0 Å². The Morgan fingerprint density at radius 3 is 2.55 bits per heavy atom. The topological polar surface area (TPSA) is 46.6 Å². The van der Waals surface area contributed by atoms with Gasteiger partial charge in [-0.25, -0.2) is 0 Å². The molecule has 0 spiro atoms. The van der Waals surface area contributed by atoms with E-state index in [1.165, 1.54) is 24.0 Å². The van der Waals surface area contributed by atoms with Gasteiger partial charge in [0, 0.05) is 25.3 Å². The highest BCUT2D eigenvalue weighted by atomic mass is 16.5. The summed E-state index contributed by atoms with van der Waals surface area (Å²) in [5.74, 6) is 1.77. The summed E-state index contributed by atoms with van der Waals surface area (Å²) in [5, 5.41) is 3.67. The number of likely N-dealkylation sites (tertiary alicyclic amines) is 1. The molecule has 2 heterocycles. The maximum Gasteiger partial charge on any atom is 0.130 e. The van der Waals surface area contributed by atoms with Crippen LogP contribution < -0.4 is 14.8 Å². The molecule has 1 N–H and O–H groups in total. The second-order valence-corrected chi connectivity index (χ2v) is 7.92.